The standard InChI is InChI=1S/C54H70Si3/c1-17-25-43-39-28-21-22-29-40(39)45-48(43)55(32(2)3,33(4)5)52-50(45)57(36(10)11,37(12)13)51-46-42-31-24-23-30-41(42)44(38-26-19-18-20-27-38)47(54(14,15)16)49(46)56(34(6)7,35(8)9)53(51)52/h18-37H,17H2,1-16H3/b43-25+. The third-order valence-corrected chi connectivity index (χ3v) is 35.3. The van der Waals surface area contributed by atoms with Crippen molar-refractivity contribution in [3.05, 3.63) is 128 Å². The average molecular weight is 803 g/mol. The van der Waals surface area contributed by atoms with Gasteiger partial charge in [-0.25, -0.2) is 0 Å². The van der Waals surface area contributed by atoms with E-state index in [1.54, 1.807) is 27.8 Å². The van der Waals surface area contributed by atoms with Crippen molar-refractivity contribution in [2.45, 2.75) is 156 Å². The van der Waals surface area contributed by atoms with Gasteiger partial charge in [0.05, 0.1) is 0 Å². The molecule has 4 aliphatic rings. The van der Waals surface area contributed by atoms with Crippen molar-refractivity contribution >= 4 is 56.5 Å². The molecule has 4 aromatic carbocycles. The van der Waals surface area contributed by atoms with Crippen LogP contribution in [-0.4, -0.2) is 24.2 Å². The number of rotatable bonds is 8. The Morgan fingerprint density at radius 3 is 1.40 bits per heavy atom. The van der Waals surface area contributed by atoms with Gasteiger partial charge in [-0.3, -0.25) is 0 Å². The molecule has 0 amide bonds. The molecule has 0 saturated carbocycles. The molecule has 8 rings (SSSR count). The van der Waals surface area contributed by atoms with Crippen LogP contribution in [0.15, 0.2) is 106 Å². The summed E-state index contributed by atoms with van der Waals surface area (Å²) in [5.74, 6) is 0. The van der Waals surface area contributed by atoms with Gasteiger partial charge in [-0.2, -0.15) is 0 Å². The Balaban J connectivity index is 1.70. The highest BCUT2D eigenvalue weighted by atomic mass is 28.3. The molecular formula is C54H70Si3. The summed E-state index contributed by atoms with van der Waals surface area (Å²) in [5.41, 5.74) is 16.0. The Hall–Kier alpha value is -3.25. The van der Waals surface area contributed by atoms with Gasteiger partial charge in [0.1, 0.15) is 24.2 Å². The summed E-state index contributed by atoms with van der Waals surface area (Å²) in [6.07, 6.45) is 3.72. The first-order chi connectivity index (χ1) is 26.9. The van der Waals surface area contributed by atoms with Crippen LogP contribution in [0.4, 0.5) is 0 Å². The summed E-state index contributed by atoms with van der Waals surface area (Å²) in [5, 5.41) is 14.4. The minimum atomic E-state index is -2.56. The Bertz CT molecular complexity index is 2410. The molecule has 4 aromatic rings. The number of hydrogen-bond acceptors (Lipinski definition) is 0. The number of benzene rings is 4. The molecule has 0 unspecified atom stereocenters. The van der Waals surface area contributed by atoms with Crippen LogP contribution in [0.3, 0.4) is 0 Å². The van der Waals surface area contributed by atoms with Gasteiger partial charge in [-0.15, -0.1) is 0 Å². The van der Waals surface area contributed by atoms with Crippen molar-refractivity contribution in [1.82, 2.24) is 0 Å². The highest BCUT2D eigenvalue weighted by Gasteiger charge is 2.72. The maximum atomic E-state index is 2.67. The summed E-state index contributed by atoms with van der Waals surface area (Å²) < 4.78 is 0. The summed E-state index contributed by atoms with van der Waals surface area (Å²) in [6, 6.07) is 30.9. The molecular weight excluding hydrogens is 733 g/mol. The van der Waals surface area contributed by atoms with Crippen LogP contribution in [0.1, 0.15) is 139 Å². The maximum Gasteiger partial charge on any atom is 0.124 e. The topological polar surface area (TPSA) is 0 Å². The second kappa shape index (κ2) is 13.6. The molecule has 1 aliphatic carbocycles. The van der Waals surface area contributed by atoms with E-state index in [1.165, 1.54) is 27.5 Å². The van der Waals surface area contributed by atoms with Crippen molar-refractivity contribution < 1.29 is 0 Å². The lowest BCUT2D eigenvalue weighted by atomic mass is 9.78. The van der Waals surface area contributed by atoms with Crippen molar-refractivity contribution in [3.8, 4) is 11.1 Å². The zero-order chi connectivity index (χ0) is 41.3. The summed E-state index contributed by atoms with van der Waals surface area (Å²) in [4.78, 5) is 0. The average Bonchev–Trinajstić information content (AvgIpc) is 3.83. The molecule has 0 fully saturated rings. The first kappa shape index (κ1) is 40.5. The predicted octanol–water partition coefficient (Wildman–Crippen LogP) is 15.9. The zero-order valence-electron chi connectivity index (χ0n) is 38.3. The fraction of sp³-hybridized carbons (Fsp3) is 0.444. The molecule has 57 heavy (non-hydrogen) atoms. The van der Waals surface area contributed by atoms with Crippen LogP contribution in [-0.2, 0) is 5.41 Å². The fourth-order valence-electron chi connectivity index (χ4n) is 14.2. The lowest BCUT2D eigenvalue weighted by Gasteiger charge is -2.49. The van der Waals surface area contributed by atoms with E-state index in [0.29, 0.717) is 33.2 Å². The van der Waals surface area contributed by atoms with Gasteiger partial charge in [0, 0.05) is 0 Å². The van der Waals surface area contributed by atoms with Gasteiger partial charge in [-0.1, -0.05) is 206 Å². The second-order valence-electron chi connectivity index (χ2n) is 21.0. The Labute approximate surface area is 349 Å². The third kappa shape index (κ3) is 4.83. The molecule has 0 bridgehead atoms. The SMILES string of the molecule is CC/C=C1/C2=C(C3=C(C4=C(c5c(c(C(C)(C)C)c(-c6ccccc6)c6ccccc56)[Si]4(C(C)C)C(C)C)[Si]3(C(C)C)C(C)C)[Si]2(C(C)C)C(C)C)c2ccccc21. The molecule has 0 N–H and O–H groups in total. The van der Waals surface area contributed by atoms with Crippen molar-refractivity contribution in [2.24, 2.45) is 0 Å². The van der Waals surface area contributed by atoms with Crippen molar-refractivity contribution in [3.63, 3.8) is 0 Å². The summed E-state index contributed by atoms with van der Waals surface area (Å²) in [6.45, 7) is 42.0. The van der Waals surface area contributed by atoms with Crippen molar-refractivity contribution in [1.29, 1.82) is 0 Å². The number of allylic oxidation sites excluding steroid dienone is 7. The van der Waals surface area contributed by atoms with Gasteiger partial charge in [0.15, 0.2) is 0 Å². The molecule has 0 radical (unpaired) electrons. The molecule has 0 spiro atoms. The molecule has 3 heteroatoms. The van der Waals surface area contributed by atoms with Gasteiger partial charge in [-0.05, 0) is 121 Å². The van der Waals surface area contributed by atoms with E-state index in [1.807, 2.05) is 31.2 Å². The monoisotopic (exact) mass is 802 g/mol. The Morgan fingerprint density at radius 1 is 0.474 bits per heavy atom. The molecule has 298 valence electrons. The highest BCUT2D eigenvalue weighted by molar-refractivity contribution is 7.20. The zero-order valence-corrected chi connectivity index (χ0v) is 41.3. The third-order valence-electron chi connectivity index (χ3n) is 15.6. The largest absolute Gasteiger partial charge is 0.124 e. The molecule has 0 atom stereocenters. The summed E-state index contributed by atoms with van der Waals surface area (Å²) in [7, 11) is -7.51. The minimum absolute atomic E-state index is 0.0472. The minimum Gasteiger partial charge on any atom is -0.0770 e. The summed E-state index contributed by atoms with van der Waals surface area (Å²) >= 11 is 0. The maximum absolute atomic E-state index is 2.67. The van der Waals surface area contributed by atoms with E-state index >= 15 is 0 Å². The van der Waals surface area contributed by atoms with E-state index in [0.717, 1.165) is 6.42 Å². The highest BCUT2D eigenvalue weighted by Crippen LogP contribution is 2.74. The van der Waals surface area contributed by atoms with Crippen LogP contribution in [0.2, 0.25) is 33.2 Å². The van der Waals surface area contributed by atoms with Crippen LogP contribution in [0.25, 0.3) is 38.2 Å². The van der Waals surface area contributed by atoms with E-state index in [4.69, 9.17) is 0 Å². The van der Waals surface area contributed by atoms with Gasteiger partial charge >= 0.3 is 0 Å². The van der Waals surface area contributed by atoms with Crippen molar-refractivity contribution in [2.75, 3.05) is 0 Å². The molecule has 0 nitrogen and oxygen atoms in total. The van der Waals surface area contributed by atoms with Crippen LogP contribution in [0.5, 0.6) is 0 Å². The number of fused-ring (bicyclic) bond motifs is 8. The first-order valence-electron chi connectivity index (χ1n) is 22.6. The lowest BCUT2D eigenvalue weighted by Crippen LogP contribution is -2.59. The van der Waals surface area contributed by atoms with Gasteiger partial charge < -0.3 is 0 Å². The van der Waals surface area contributed by atoms with E-state index in [-0.39, 0.29) is 5.41 Å². The normalized spacial score (nSPS) is 19.8. The van der Waals surface area contributed by atoms with E-state index < -0.39 is 24.2 Å². The van der Waals surface area contributed by atoms with Crippen LogP contribution < -0.4 is 5.19 Å². The fourth-order valence-corrected chi connectivity index (χ4v) is 37.6. The van der Waals surface area contributed by atoms with Crippen LogP contribution in [0, 0.1) is 0 Å². The Morgan fingerprint density at radius 2 is 0.912 bits per heavy atom. The molecule has 0 saturated heterocycles. The Kier molecular flexibility index (Phi) is 9.70. The molecule has 0 aromatic heterocycles. The van der Waals surface area contributed by atoms with Gasteiger partial charge in [0.2, 0.25) is 0 Å². The number of hydrogen-bond donors (Lipinski definition) is 0. The quantitative estimate of drug-likeness (QED) is 0.156. The second-order valence-corrected chi connectivity index (χ2v) is 36.2. The molecule has 3 heterocycles. The smallest absolute Gasteiger partial charge is 0.0770 e. The first-order valence-corrected chi connectivity index (χ1v) is 29.1. The molecule has 3 aliphatic heterocycles. The van der Waals surface area contributed by atoms with Gasteiger partial charge in [0.25, 0.3) is 0 Å². The van der Waals surface area contributed by atoms with Crippen LogP contribution >= 0.6 is 0 Å². The lowest BCUT2D eigenvalue weighted by molar-refractivity contribution is 0.595. The van der Waals surface area contributed by atoms with E-state index in [2.05, 4.69) is 196 Å². The predicted molar refractivity (Wildman–Crippen MR) is 261 cm³/mol. The van der Waals surface area contributed by atoms with E-state index in [9.17, 15) is 0 Å².